The molecule has 2 aromatic heterocycles. The molecule has 2 fully saturated rings. The molecule has 31 heavy (non-hydrogen) atoms. The standard InChI is InChI=1S/C23H21N5O3/c1-25-23(30)20-7-13(22(29)28-21-17-10-31-11-18(17)21)6-14(26-20)5-12-3-2-4-19-16(12)8-15(9-24)27-19/h2-4,6-8,17-18,21,27H,5,10-11H2,1H3,(H,25,30)(H,28,29)/t17-,18+,21?. The van der Waals surface area contributed by atoms with Crippen LogP contribution in [0.3, 0.4) is 0 Å². The summed E-state index contributed by atoms with van der Waals surface area (Å²) in [5, 5.41) is 15.7. The number of ether oxygens (including phenoxy) is 1. The van der Waals surface area contributed by atoms with E-state index in [1.165, 1.54) is 13.1 Å². The molecule has 5 rings (SSSR count). The number of aromatic amines is 1. The summed E-state index contributed by atoms with van der Waals surface area (Å²) < 4.78 is 5.38. The molecule has 3 N–H and O–H groups in total. The van der Waals surface area contributed by atoms with Crippen molar-refractivity contribution in [2.75, 3.05) is 20.3 Å². The van der Waals surface area contributed by atoms with Crippen LogP contribution in [-0.4, -0.2) is 48.1 Å². The number of H-pyrrole nitrogens is 1. The maximum absolute atomic E-state index is 12.9. The fourth-order valence-electron chi connectivity index (χ4n) is 4.37. The Hall–Kier alpha value is -3.70. The molecule has 0 spiro atoms. The fraction of sp³-hybridized carbons (Fsp3) is 0.304. The van der Waals surface area contributed by atoms with Gasteiger partial charge < -0.3 is 20.4 Å². The highest BCUT2D eigenvalue weighted by Crippen LogP contribution is 2.44. The Morgan fingerprint density at radius 2 is 2.03 bits per heavy atom. The van der Waals surface area contributed by atoms with Gasteiger partial charge in [-0.1, -0.05) is 12.1 Å². The maximum atomic E-state index is 12.9. The van der Waals surface area contributed by atoms with Crippen LogP contribution in [0.25, 0.3) is 10.9 Å². The van der Waals surface area contributed by atoms with E-state index in [9.17, 15) is 14.9 Å². The molecule has 0 bridgehead atoms. The van der Waals surface area contributed by atoms with Crippen LogP contribution in [0.4, 0.5) is 0 Å². The predicted octanol–water partition coefficient (Wildman–Crippen LogP) is 1.76. The predicted molar refractivity (Wildman–Crippen MR) is 113 cm³/mol. The SMILES string of the molecule is CNC(=O)c1cc(C(=O)NC2[C@H]3COC[C@@H]23)cc(Cc2cccc3[nH]c(C#N)cc23)n1. The van der Waals surface area contributed by atoms with Crippen LogP contribution in [-0.2, 0) is 11.2 Å². The van der Waals surface area contributed by atoms with E-state index in [0.29, 0.717) is 48.4 Å². The van der Waals surface area contributed by atoms with Gasteiger partial charge in [-0.15, -0.1) is 0 Å². The molecular weight excluding hydrogens is 394 g/mol. The van der Waals surface area contributed by atoms with E-state index >= 15 is 0 Å². The van der Waals surface area contributed by atoms with Crippen molar-refractivity contribution < 1.29 is 14.3 Å². The van der Waals surface area contributed by atoms with Gasteiger partial charge in [0.2, 0.25) is 0 Å². The number of rotatable bonds is 5. The van der Waals surface area contributed by atoms with E-state index in [1.54, 1.807) is 12.1 Å². The third-order valence-electron chi connectivity index (χ3n) is 6.10. The first-order valence-electron chi connectivity index (χ1n) is 10.2. The number of hydrogen-bond donors (Lipinski definition) is 3. The molecular formula is C23H21N5O3. The summed E-state index contributed by atoms with van der Waals surface area (Å²) in [4.78, 5) is 32.7. The second-order valence-electron chi connectivity index (χ2n) is 8.03. The summed E-state index contributed by atoms with van der Waals surface area (Å²) in [6, 6.07) is 13.1. The number of fused-ring (bicyclic) bond motifs is 2. The summed E-state index contributed by atoms with van der Waals surface area (Å²) in [5.74, 6) is 0.229. The zero-order valence-corrected chi connectivity index (χ0v) is 16.9. The molecule has 0 radical (unpaired) electrons. The van der Waals surface area contributed by atoms with Crippen molar-refractivity contribution in [2.45, 2.75) is 12.5 Å². The number of hydrogen-bond acceptors (Lipinski definition) is 5. The molecule has 3 aromatic rings. The van der Waals surface area contributed by atoms with Gasteiger partial charge in [0.25, 0.3) is 11.8 Å². The molecule has 2 aliphatic rings. The number of carbonyl (C=O) groups is 2. The van der Waals surface area contributed by atoms with E-state index < -0.39 is 0 Å². The summed E-state index contributed by atoms with van der Waals surface area (Å²) in [5.41, 5.74) is 3.51. The number of benzene rings is 1. The van der Waals surface area contributed by atoms with Gasteiger partial charge in [0.1, 0.15) is 17.5 Å². The largest absolute Gasteiger partial charge is 0.381 e. The lowest BCUT2D eigenvalue weighted by Crippen LogP contribution is -2.30. The monoisotopic (exact) mass is 415 g/mol. The highest BCUT2D eigenvalue weighted by molar-refractivity contribution is 5.99. The molecule has 1 aliphatic heterocycles. The van der Waals surface area contributed by atoms with Gasteiger partial charge in [0, 0.05) is 53.5 Å². The van der Waals surface area contributed by atoms with Crippen LogP contribution in [0, 0.1) is 23.2 Å². The molecule has 8 nitrogen and oxygen atoms in total. The van der Waals surface area contributed by atoms with Crippen LogP contribution in [0.2, 0.25) is 0 Å². The Balaban J connectivity index is 1.46. The van der Waals surface area contributed by atoms with E-state index in [4.69, 9.17) is 4.74 Å². The third kappa shape index (κ3) is 3.53. The molecule has 156 valence electrons. The number of nitrogens with zero attached hydrogens (tertiary/aromatic N) is 2. The number of aromatic nitrogens is 2. The highest BCUT2D eigenvalue weighted by atomic mass is 16.5. The normalized spacial score (nSPS) is 21.4. The van der Waals surface area contributed by atoms with E-state index in [0.717, 1.165) is 16.5 Å². The lowest BCUT2D eigenvalue weighted by molar-refractivity contribution is 0.0928. The lowest BCUT2D eigenvalue weighted by atomic mass is 10.0. The van der Waals surface area contributed by atoms with Gasteiger partial charge >= 0.3 is 0 Å². The number of carbonyl (C=O) groups excluding carboxylic acids is 2. The average molecular weight is 415 g/mol. The Morgan fingerprint density at radius 1 is 1.23 bits per heavy atom. The third-order valence-corrected chi connectivity index (χ3v) is 6.10. The molecule has 1 aromatic carbocycles. The van der Waals surface area contributed by atoms with Crippen molar-refractivity contribution in [3.63, 3.8) is 0 Å². The second kappa shape index (κ2) is 7.52. The van der Waals surface area contributed by atoms with Crippen molar-refractivity contribution in [2.24, 2.45) is 11.8 Å². The first kappa shape index (κ1) is 19.3. The summed E-state index contributed by atoms with van der Waals surface area (Å²) >= 11 is 0. The average Bonchev–Trinajstić information content (AvgIpc) is 3.16. The first-order valence-corrected chi connectivity index (χ1v) is 10.2. The molecule has 1 saturated carbocycles. The Labute approximate surface area is 178 Å². The number of nitriles is 1. The zero-order valence-electron chi connectivity index (χ0n) is 16.9. The van der Waals surface area contributed by atoms with Gasteiger partial charge in [-0.05, 0) is 29.8 Å². The van der Waals surface area contributed by atoms with Crippen LogP contribution in [0.5, 0.6) is 0 Å². The number of nitrogens with one attached hydrogen (secondary N) is 3. The summed E-state index contributed by atoms with van der Waals surface area (Å²) in [7, 11) is 1.53. The van der Waals surface area contributed by atoms with Gasteiger partial charge in [-0.25, -0.2) is 4.98 Å². The van der Waals surface area contributed by atoms with Crippen LogP contribution in [0.1, 0.15) is 37.8 Å². The zero-order chi connectivity index (χ0) is 21.5. The lowest BCUT2D eigenvalue weighted by Gasteiger charge is -2.11. The van der Waals surface area contributed by atoms with Crippen LogP contribution < -0.4 is 10.6 Å². The minimum Gasteiger partial charge on any atom is -0.381 e. The molecule has 1 aliphatic carbocycles. The summed E-state index contributed by atoms with van der Waals surface area (Å²) in [6.07, 6.45) is 0.424. The Bertz CT molecular complexity index is 1230. The van der Waals surface area contributed by atoms with Crippen molar-refractivity contribution >= 4 is 22.7 Å². The van der Waals surface area contributed by atoms with Gasteiger partial charge in [0.05, 0.1) is 13.2 Å². The van der Waals surface area contributed by atoms with Gasteiger partial charge in [-0.3, -0.25) is 9.59 Å². The van der Waals surface area contributed by atoms with Crippen molar-refractivity contribution in [1.29, 1.82) is 5.26 Å². The van der Waals surface area contributed by atoms with Crippen molar-refractivity contribution in [3.8, 4) is 6.07 Å². The molecule has 1 unspecified atom stereocenters. The maximum Gasteiger partial charge on any atom is 0.269 e. The fourth-order valence-corrected chi connectivity index (χ4v) is 4.37. The molecule has 3 heterocycles. The first-order chi connectivity index (χ1) is 15.1. The number of amides is 2. The molecule has 2 amide bonds. The Morgan fingerprint density at radius 3 is 2.77 bits per heavy atom. The molecule has 8 heteroatoms. The van der Waals surface area contributed by atoms with E-state index in [2.05, 4.69) is 26.7 Å². The molecule has 1 saturated heterocycles. The van der Waals surface area contributed by atoms with Gasteiger partial charge in [0.15, 0.2) is 0 Å². The summed E-state index contributed by atoms with van der Waals surface area (Å²) in [6.45, 7) is 1.37. The minimum absolute atomic E-state index is 0.138. The molecule has 3 atom stereocenters. The van der Waals surface area contributed by atoms with E-state index in [1.807, 2.05) is 18.2 Å². The second-order valence-corrected chi connectivity index (χ2v) is 8.03. The van der Waals surface area contributed by atoms with E-state index in [-0.39, 0.29) is 23.6 Å². The smallest absolute Gasteiger partial charge is 0.269 e. The highest BCUT2D eigenvalue weighted by Gasteiger charge is 2.54. The van der Waals surface area contributed by atoms with Crippen LogP contribution >= 0.6 is 0 Å². The van der Waals surface area contributed by atoms with Crippen molar-refractivity contribution in [1.82, 2.24) is 20.6 Å². The number of pyridine rings is 1. The quantitative estimate of drug-likeness (QED) is 0.587. The van der Waals surface area contributed by atoms with Crippen LogP contribution in [0.15, 0.2) is 36.4 Å². The topological polar surface area (TPSA) is 120 Å². The minimum atomic E-state index is -0.348. The van der Waals surface area contributed by atoms with Crippen molar-refractivity contribution in [3.05, 3.63) is 64.6 Å². The Kier molecular flexibility index (Phi) is 4.68. The van der Waals surface area contributed by atoms with Gasteiger partial charge in [-0.2, -0.15) is 5.26 Å².